The van der Waals surface area contributed by atoms with Crippen LogP contribution in [0.25, 0.3) is 0 Å². The van der Waals surface area contributed by atoms with E-state index < -0.39 is 19.5 Å². The molecule has 0 amide bonds. The summed E-state index contributed by atoms with van der Waals surface area (Å²) >= 11 is 0. The summed E-state index contributed by atoms with van der Waals surface area (Å²) in [6, 6.07) is 16.0. The fraction of sp³-hybridized carbons (Fsp3) is 0.333. The molecule has 0 N–H and O–H groups in total. The molecule has 0 heterocycles. The topological polar surface area (TPSA) is 12.5 Å². The maximum absolute atomic E-state index is 8.03. The first-order chi connectivity index (χ1) is 11.6. The molecule has 0 aliphatic rings. The number of hydrogen-bond donors (Lipinski definition) is 0. The van der Waals surface area contributed by atoms with Crippen molar-refractivity contribution in [2.45, 2.75) is 13.0 Å². The summed E-state index contributed by atoms with van der Waals surface area (Å²) in [6.07, 6.45) is -0.659. The Labute approximate surface area is 129 Å². The summed E-state index contributed by atoms with van der Waals surface area (Å²) < 4.78 is 45.3. The van der Waals surface area contributed by atoms with E-state index in [0.717, 1.165) is 5.56 Å². The molecular formula is C18H23NO. The highest BCUT2D eigenvalue weighted by Crippen LogP contribution is 2.28. The molecule has 106 valence electrons. The van der Waals surface area contributed by atoms with Crippen molar-refractivity contribution in [1.29, 1.82) is 0 Å². The molecule has 2 aromatic rings. The zero-order valence-electron chi connectivity index (χ0n) is 16.8. The van der Waals surface area contributed by atoms with Crippen LogP contribution in [-0.4, -0.2) is 32.1 Å². The molecule has 0 spiro atoms. The van der Waals surface area contributed by atoms with Crippen molar-refractivity contribution in [2.75, 3.05) is 27.2 Å². The van der Waals surface area contributed by atoms with E-state index in [0.29, 0.717) is 5.56 Å². The summed E-state index contributed by atoms with van der Waals surface area (Å²) in [7, 11) is 3.27. The predicted octanol–water partition coefficient (Wildman–Crippen LogP) is 3.66. The van der Waals surface area contributed by atoms with Gasteiger partial charge >= 0.3 is 0 Å². The normalized spacial score (nSPS) is 17.6. The maximum Gasteiger partial charge on any atom is 0.108 e. The Morgan fingerprint density at radius 3 is 2.50 bits per heavy atom. The van der Waals surface area contributed by atoms with E-state index in [-0.39, 0.29) is 12.2 Å². The largest absolute Gasteiger partial charge is 0.367 e. The Bertz CT molecular complexity index is 685. The van der Waals surface area contributed by atoms with Crippen LogP contribution < -0.4 is 0 Å². The van der Waals surface area contributed by atoms with Gasteiger partial charge in [0, 0.05) is 13.4 Å². The van der Waals surface area contributed by atoms with E-state index in [4.69, 9.17) is 11.6 Å². The van der Waals surface area contributed by atoms with Crippen LogP contribution in [0.2, 0.25) is 0 Å². The predicted molar refractivity (Wildman–Crippen MR) is 84.0 cm³/mol. The molecule has 0 radical (unpaired) electrons. The summed E-state index contributed by atoms with van der Waals surface area (Å²) in [5.74, 6) is 0. The van der Waals surface area contributed by atoms with Gasteiger partial charge in [0.05, 0.1) is 6.61 Å². The van der Waals surface area contributed by atoms with Gasteiger partial charge in [0.1, 0.15) is 6.10 Å². The van der Waals surface area contributed by atoms with Gasteiger partial charge < -0.3 is 9.64 Å². The second-order valence-corrected chi connectivity index (χ2v) is 4.74. The minimum absolute atomic E-state index is 0.186. The van der Waals surface area contributed by atoms with E-state index in [9.17, 15) is 0 Å². The zero-order valence-corrected chi connectivity index (χ0v) is 11.8. The molecule has 0 aliphatic carbocycles. The van der Waals surface area contributed by atoms with Crippen molar-refractivity contribution >= 4 is 0 Å². The average Bonchev–Trinajstić information content (AvgIpc) is 2.55. The molecule has 0 aromatic heterocycles. The van der Waals surface area contributed by atoms with Gasteiger partial charge in [0.15, 0.2) is 0 Å². The van der Waals surface area contributed by atoms with Gasteiger partial charge in [-0.25, -0.2) is 0 Å². The van der Waals surface area contributed by atoms with Crippen molar-refractivity contribution in [1.82, 2.24) is 4.90 Å². The zero-order chi connectivity index (χ0) is 18.7. The SMILES string of the molecule is [2H]C([2H])([2H])c1ccccc1C(OCC([2H])([2H])N(C)C)c1ccccc1. The molecule has 0 saturated carbocycles. The summed E-state index contributed by atoms with van der Waals surface area (Å²) in [6.45, 7) is -4.12. The molecule has 0 saturated heterocycles. The Kier molecular flexibility index (Phi) is 3.37. The summed E-state index contributed by atoms with van der Waals surface area (Å²) in [4.78, 5) is 1.44. The number of nitrogens with zero attached hydrogens (tertiary/aromatic N) is 1. The standard InChI is InChI=1S/C18H23NO/c1-15-9-7-8-12-17(15)18(20-14-13-19(2)3)16-10-5-4-6-11-16/h4-12,18H,13-14H2,1-3H3/i1D3,13D2. The molecule has 0 fully saturated rings. The monoisotopic (exact) mass is 274 g/mol. The third-order valence-electron chi connectivity index (χ3n) is 2.98. The quantitative estimate of drug-likeness (QED) is 0.797. The van der Waals surface area contributed by atoms with Crippen LogP contribution in [0.15, 0.2) is 54.6 Å². The Morgan fingerprint density at radius 2 is 1.80 bits per heavy atom. The summed E-state index contributed by atoms with van der Waals surface area (Å²) in [5.41, 5.74) is 1.53. The van der Waals surface area contributed by atoms with E-state index in [1.807, 2.05) is 30.3 Å². The van der Waals surface area contributed by atoms with E-state index in [1.165, 1.54) is 4.90 Å². The Hall–Kier alpha value is -1.64. The summed E-state index contributed by atoms with van der Waals surface area (Å²) in [5, 5.41) is 0. The van der Waals surface area contributed by atoms with Gasteiger partial charge in [-0.3, -0.25) is 0 Å². The number of rotatable bonds is 6. The lowest BCUT2D eigenvalue weighted by Crippen LogP contribution is -2.20. The first kappa shape index (κ1) is 9.32. The third kappa shape index (κ3) is 3.92. The van der Waals surface area contributed by atoms with E-state index in [1.54, 1.807) is 38.4 Å². The Morgan fingerprint density at radius 1 is 1.10 bits per heavy atom. The molecule has 2 heteroatoms. The lowest BCUT2D eigenvalue weighted by atomic mass is 9.97. The molecule has 20 heavy (non-hydrogen) atoms. The molecule has 0 aliphatic heterocycles. The molecule has 0 bridgehead atoms. The lowest BCUT2D eigenvalue weighted by molar-refractivity contribution is 0.0683. The molecule has 2 rings (SSSR count). The highest BCUT2D eigenvalue weighted by Gasteiger charge is 2.16. The number of hydrogen-bond acceptors (Lipinski definition) is 2. The van der Waals surface area contributed by atoms with Gasteiger partial charge in [-0.15, -0.1) is 0 Å². The van der Waals surface area contributed by atoms with Crippen molar-refractivity contribution in [2.24, 2.45) is 0 Å². The van der Waals surface area contributed by atoms with Gasteiger partial charge in [0.25, 0.3) is 0 Å². The average molecular weight is 274 g/mol. The van der Waals surface area contributed by atoms with Gasteiger partial charge in [-0.05, 0) is 37.6 Å². The van der Waals surface area contributed by atoms with Crippen molar-refractivity contribution in [3.8, 4) is 0 Å². The molecule has 2 nitrogen and oxygen atoms in total. The van der Waals surface area contributed by atoms with Crippen molar-refractivity contribution in [3.05, 3.63) is 71.3 Å². The number of aryl methyl sites for hydroxylation is 1. The lowest BCUT2D eigenvalue weighted by Gasteiger charge is -2.22. The fourth-order valence-electron chi connectivity index (χ4n) is 1.97. The van der Waals surface area contributed by atoms with Crippen LogP contribution >= 0.6 is 0 Å². The van der Waals surface area contributed by atoms with Crippen molar-refractivity contribution < 1.29 is 11.6 Å². The van der Waals surface area contributed by atoms with Crippen LogP contribution in [0.4, 0.5) is 0 Å². The molecule has 2 aromatic carbocycles. The molecule has 1 unspecified atom stereocenters. The second-order valence-electron chi connectivity index (χ2n) is 4.74. The fourth-order valence-corrected chi connectivity index (χ4v) is 1.97. The van der Waals surface area contributed by atoms with E-state index >= 15 is 0 Å². The van der Waals surface area contributed by atoms with Crippen LogP contribution in [0.3, 0.4) is 0 Å². The Balaban J connectivity index is 2.44. The number of benzene rings is 2. The van der Waals surface area contributed by atoms with Crippen molar-refractivity contribution in [3.63, 3.8) is 0 Å². The highest BCUT2D eigenvalue weighted by atomic mass is 16.5. The van der Waals surface area contributed by atoms with Gasteiger partial charge in [0.2, 0.25) is 0 Å². The molecular weight excluding hydrogens is 246 g/mol. The minimum Gasteiger partial charge on any atom is -0.367 e. The van der Waals surface area contributed by atoms with Crippen LogP contribution in [0.1, 0.15) is 29.6 Å². The number of likely N-dealkylation sites (N-methyl/N-ethyl adjacent to an activating group) is 1. The first-order valence-electron chi connectivity index (χ1n) is 9.06. The van der Waals surface area contributed by atoms with Gasteiger partial charge in [-0.2, -0.15) is 0 Å². The van der Waals surface area contributed by atoms with Gasteiger partial charge in [-0.1, -0.05) is 54.6 Å². The van der Waals surface area contributed by atoms with Crippen LogP contribution in [0.5, 0.6) is 0 Å². The second kappa shape index (κ2) is 7.22. The molecule has 1 atom stereocenters. The maximum atomic E-state index is 8.03. The van der Waals surface area contributed by atoms with Crippen LogP contribution in [0, 0.1) is 6.85 Å². The highest BCUT2D eigenvalue weighted by molar-refractivity contribution is 5.35. The van der Waals surface area contributed by atoms with E-state index in [2.05, 4.69) is 0 Å². The van der Waals surface area contributed by atoms with Crippen LogP contribution in [-0.2, 0) is 4.74 Å². The minimum atomic E-state index is -2.27. The number of ether oxygens (including phenoxy) is 1. The first-order valence-corrected chi connectivity index (χ1v) is 6.56. The smallest absolute Gasteiger partial charge is 0.108 e. The third-order valence-corrected chi connectivity index (χ3v) is 2.98.